The lowest BCUT2D eigenvalue weighted by molar-refractivity contribution is 0.0672. The number of benzene rings is 1. The number of aryl methyl sites for hydroxylation is 2. The van der Waals surface area contributed by atoms with Gasteiger partial charge < -0.3 is 9.84 Å². The van der Waals surface area contributed by atoms with E-state index in [0.717, 1.165) is 30.0 Å². The van der Waals surface area contributed by atoms with Crippen LogP contribution >= 0.6 is 0 Å². The van der Waals surface area contributed by atoms with Crippen LogP contribution in [0.15, 0.2) is 36.7 Å². The molecule has 1 heterocycles. The summed E-state index contributed by atoms with van der Waals surface area (Å²) in [5, 5.41) is 14.4. The van der Waals surface area contributed by atoms with E-state index in [9.17, 15) is 5.11 Å². The Balaban J connectivity index is 1.81. The third-order valence-electron chi connectivity index (χ3n) is 3.61. The van der Waals surface area contributed by atoms with Crippen LogP contribution in [0, 0.1) is 6.92 Å². The van der Waals surface area contributed by atoms with E-state index in [0.29, 0.717) is 13.2 Å². The Bertz CT molecular complexity index is 583. The third kappa shape index (κ3) is 4.86. The highest BCUT2D eigenvalue weighted by Crippen LogP contribution is 2.16. The molecule has 22 heavy (non-hydrogen) atoms. The molecule has 0 saturated heterocycles. The van der Waals surface area contributed by atoms with Gasteiger partial charge in [0.1, 0.15) is 18.5 Å². The minimum atomic E-state index is -0.517. The molecule has 0 spiro atoms. The molecule has 2 rings (SSSR count). The standard InChI is InChI=1S/C17H25N3O2/c1-4-20(11-15-9-18-19(3)10-15)12-16(21)13-22-17-8-6-5-7-14(17)2/h5-10,16,21H,4,11-13H2,1-3H3. The molecule has 1 atom stereocenters. The van der Waals surface area contributed by atoms with Gasteiger partial charge in [0.05, 0.1) is 6.20 Å². The number of rotatable bonds is 8. The van der Waals surface area contributed by atoms with Crippen LogP contribution in [0.2, 0.25) is 0 Å². The van der Waals surface area contributed by atoms with E-state index >= 15 is 0 Å². The first-order valence-corrected chi connectivity index (χ1v) is 7.65. The predicted octanol–water partition coefficient (Wildman–Crippen LogP) is 1.99. The minimum absolute atomic E-state index is 0.300. The molecule has 120 valence electrons. The van der Waals surface area contributed by atoms with Crippen LogP contribution in [-0.4, -0.2) is 45.6 Å². The summed E-state index contributed by atoms with van der Waals surface area (Å²) in [6.45, 7) is 6.63. The number of aliphatic hydroxyl groups excluding tert-OH is 1. The Kier molecular flexibility index (Phi) is 5.98. The molecule has 1 unspecified atom stereocenters. The molecule has 5 nitrogen and oxygen atoms in total. The van der Waals surface area contributed by atoms with Crippen LogP contribution in [0.25, 0.3) is 0 Å². The number of likely N-dealkylation sites (N-methyl/N-ethyl adjacent to an activating group) is 1. The topological polar surface area (TPSA) is 50.5 Å². The third-order valence-corrected chi connectivity index (χ3v) is 3.61. The highest BCUT2D eigenvalue weighted by atomic mass is 16.5. The van der Waals surface area contributed by atoms with Gasteiger partial charge in [0.2, 0.25) is 0 Å². The van der Waals surface area contributed by atoms with Crippen molar-refractivity contribution in [1.82, 2.24) is 14.7 Å². The van der Waals surface area contributed by atoms with Gasteiger partial charge in [0.25, 0.3) is 0 Å². The molecule has 1 aromatic heterocycles. The molecule has 0 aliphatic rings. The number of para-hydroxylation sites is 1. The van der Waals surface area contributed by atoms with Crippen molar-refractivity contribution in [3.05, 3.63) is 47.8 Å². The van der Waals surface area contributed by atoms with Gasteiger partial charge in [-0.25, -0.2) is 0 Å². The summed E-state index contributed by atoms with van der Waals surface area (Å²) in [6, 6.07) is 7.85. The molecule has 0 amide bonds. The smallest absolute Gasteiger partial charge is 0.122 e. The Morgan fingerprint density at radius 1 is 1.36 bits per heavy atom. The molecule has 0 aliphatic heterocycles. The lowest BCUT2D eigenvalue weighted by Gasteiger charge is -2.23. The fourth-order valence-electron chi connectivity index (χ4n) is 2.37. The van der Waals surface area contributed by atoms with Crippen LogP contribution in [0.5, 0.6) is 5.75 Å². The first-order chi connectivity index (χ1) is 10.6. The fraction of sp³-hybridized carbons (Fsp3) is 0.471. The molecule has 2 aromatic rings. The highest BCUT2D eigenvalue weighted by Gasteiger charge is 2.13. The van der Waals surface area contributed by atoms with Crippen LogP contribution < -0.4 is 4.74 Å². The van der Waals surface area contributed by atoms with E-state index in [1.165, 1.54) is 0 Å². The number of aromatic nitrogens is 2. The predicted molar refractivity (Wildman–Crippen MR) is 86.8 cm³/mol. The van der Waals surface area contributed by atoms with Gasteiger partial charge in [-0.05, 0) is 25.1 Å². The van der Waals surface area contributed by atoms with Crippen molar-refractivity contribution in [3.63, 3.8) is 0 Å². The minimum Gasteiger partial charge on any atom is -0.491 e. The zero-order valence-electron chi connectivity index (χ0n) is 13.6. The summed E-state index contributed by atoms with van der Waals surface area (Å²) in [4.78, 5) is 2.18. The SMILES string of the molecule is CCN(Cc1cnn(C)c1)CC(O)COc1ccccc1C. The Morgan fingerprint density at radius 2 is 2.14 bits per heavy atom. The average Bonchev–Trinajstić information content (AvgIpc) is 2.91. The maximum atomic E-state index is 10.2. The number of nitrogens with zero attached hydrogens (tertiary/aromatic N) is 3. The quantitative estimate of drug-likeness (QED) is 0.810. The average molecular weight is 303 g/mol. The molecule has 5 heteroatoms. The zero-order valence-corrected chi connectivity index (χ0v) is 13.6. The summed E-state index contributed by atoms with van der Waals surface area (Å²) >= 11 is 0. The Hall–Kier alpha value is -1.85. The molecule has 1 N–H and O–H groups in total. The largest absolute Gasteiger partial charge is 0.491 e. The van der Waals surface area contributed by atoms with Gasteiger partial charge in [0.15, 0.2) is 0 Å². The molecule has 0 saturated carbocycles. The van der Waals surface area contributed by atoms with Gasteiger partial charge in [-0.3, -0.25) is 9.58 Å². The van der Waals surface area contributed by atoms with E-state index in [1.54, 1.807) is 4.68 Å². The summed E-state index contributed by atoms with van der Waals surface area (Å²) in [6.07, 6.45) is 3.34. The van der Waals surface area contributed by atoms with Crippen LogP contribution in [-0.2, 0) is 13.6 Å². The molecule has 0 bridgehead atoms. The van der Waals surface area contributed by atoms with E-state index in [2.05, 4.69) is 16.9 Å². The van der Waals surface area contributed by atoms with Crippen molar-refractivity contribution in [1.29, 1.82) is 0 Å². The van der Waals surface area contributed by atoms with E-state index in [4.69, 9.17) is 4.74 Å². The molecule has 0 fully saturated rings. The van der Waals surface area contributed by atoms with Crippen LogP contribution in [0.4, 0.5) is 0 Å². The fourth-order valence-corrected chi connectivity index (χ4v) is 2.37. The Morgan fingerprint density at radius 3 is 2.77 bits per heavy atom. The number of ether oxygens (including phenoxy) is 1. The maximum absolute atomic E-state index is 10.2. The lowest BCUT2D eigenvalue weighted by atomic mass is 10.2. The van der Waals surface area contributed by atoms with E-state index < -0.39 is 6.10 Å². The molecular formula is C17H25N3O2. The van der Waals surface area contributed by atoms with Crippen molar-refractivity contribution in [2.45, 2.75) is 26.5 Å². The first-order valence-electron chi connectivity index (χ1n) is 7.65. The van der Waals surface area contributed by atoms with Crippen molar-refractivity contribution in [2.75, 3.05) is 19.7 Å². The van der Waals surface area contributed by atoms with Crippen molar-refractivity contribution < 1.29 is 9.84 Å². The van der Waals surface area contributed by atoms with Crippen molar-refractivity contribution >= 4 is 0 Å². The van der Waals surface area contributed by atoms with Crippen LogP contribution in [0.1, 0.15) is 18.1 Å². The lowest BCUT2D eigenvalue weighted by Crippen LogP contribution is -2.35. The van der Waals surface area contributed by atoms with E-state index in [-0.39, 0.29) is 0 Å². The second kappa shape index (κ2) is 7.96. The summed E-state index contributed by atoms with van der Waals surface area (Å²) in [7, 11) is 1.91. The molecular weight excluding hydrogens is 278 g/mol. The number of hydrogen-bond donors (Lipinski definition) is 1. The monoisotopic (exact) mass is 303 g/mol. The zero-order chi connectivity index (χ0) is 15.9. The van der Waals surface area contributed by atoms with Gasteiger partial charge in [-0.1, -0.05) is 25.1 Å². The maximum Gasteiger partial charge on any atom is 0.122 e. The summed E-state index contributed by atoms with van der Waals surface area (Å²) in [5.74, 6) is 0.830. The number of aliphatic hydroxyl groups is 1. The second-order valence-electron chi connectivity index (χ2n) is 5.58. The highest BCUT2D eigenvalue weighted by molar-refractivity contribution is 5.31. The summed E-state index contributed by atoms with van der Waals surface area (Å²) in [5.41, 5.74) is 2.23. The van der Waals surface area contributed by atoms with Crippen LogP contribution in [0.3, 0.4) is 0 Å². The van der Waals surface area contributed by atoms with Gasteiger partial charge >= 0.3 is 0 Å². The molecule has 0 aliphatic carbocycles. The summed E-state index contributed by atoms with van der Waals surface area (Å²) < 4.78 is 7.50. The molecule has 0 radical (unpaired) electrons. The Labute approximate surface area is 132 Å². The number of hydrogen-bond acceptors (Lipinski definition) is 4. The normalized spacial score (nSPS) is 12.6. The van der Waals surface area contributed by atoms with Gasteiger partial charge in [-0.2, -0.15) is 5.10 Å². The van der Waals surface area contributed by atoms with E-state index in [1.807, 2.05) is 50.6 Å². The molecule has 1 aromatic carbocycles. The van der Waals surface area contributed by atoms with Crippen molar-refractivity contribution in [2.24, 2.45) is 7.05 Å². The second-order valence-corrected chi connectivity index (χ2v) is 5.58. The van der Waals surface area contributed by atoms with Gasteiger partial charge in [0, 0.05) is 31.9 Å². The first kappa shape index (κ1) is 16.5. The van der Waals surface area contributed by atoms with Crippen molar-refractivity contribution in [3.8, 4) is 5.75 Å². The van der Waals surface area contributed by atoms with Gasteiger partial charge in [-0.15, -0.1) is 0 Å².